The van der Waals surface area contributed by atoms with Crippen LogP contribution in [0, 0.1) is 0 Å². The molecule has 3 heteroatoms. The molecule has 0 aliphatic rings. The summed E-state index contributed by atoms with van der Waals surface area (Å²) in [4.78, 5) is 11.5. The van der Waals surface area contributed by atoms with Crippen LogP contribution in [0.15, 0.2) is 54.6 Å². The number of benzene rings is 1. The number of aliphatic hydroxyl groups excluding tert-OH is 1. The van der Waals surface area contributed by atoms with Gasteiger partial charge in [-0.1, -0.05) is 74.4 Å². The Bertz CT molecular complexity index is 520. The molecule has 1 N–H and O–H groups in total. The Hall–Kier alpha value is -1.87. The van der Waals surface area contributed by atoms with E-state index in [2.05, 4.69) is 55.5 Å². The summed E-state index contributed by atoms with van der Waals surface area (Å²) in [5, 5.41) is 8.71. The summed E-state index contributed by atoms with van der Waals surface area (Å²) < 4.78 is 5.21. The monoisotopic (exact) mass is 358 g/mol. The number of hydrogen-bond donors (Lipinski definition) is 1. The molecule has 1 aromatic carbocycles. The van der Waals surface area contributed by atoms with Crippen LogP contribution in [-0.4, -0.2) is 24.3 Å². The van der Waals surface area contributed by atoms with Gasteiger partial charge in [0.2, 0.25) is 0 Å². The minimum atomic E-state index is -0.178. The second kappa shape index (κ2) is 15.4. The topological polar surface area (TPSA) is 46.5 Å². The highest BCUT2D eigenvalue weighted by molar-refractivity contribution is 5.69. The first-order chi connectivity index (χ1) is 12.8. The predicted octanol–water partition coefficient (Wildman–Crippen LogP) is 5.56. The predicted molar refractivity (Wildman–Crippen MR) is 108 cm³/mol. The third kappa shape index (κ3) is 10.9. The first-order valence-corrected chi connectivity index (χ1v) is 9.92. The average molecular weight is 359 g/mol. The summed E-state index contributed by atoms with van der Waals surface area (Å²) >= 11 is 0. The lowest BCUT2D eigenvalue weighted by Gasteiger charge is -2.09. The van der Waals surface area contributed by atoms with Crippen molar-refractivity contribution in [1.82, 2.24) is 0 Å². The molecule has 0 amide bonds. The van der Waals surface area contributed by atoms with E-state index in [1.807, 2.05) is 6.07 Å². The third-order valence-corrected chi connectivity index (χ3v) is 4.18. The van der Waals surface area contributed by atoms with Gasteiger partial charge >= 0.3 is 5.97 Å². The zero-order valence-electron chi connectivity index (χ0n) is 16.1. The standard InChI is InChI=1S/C23H34O3/c1-2-3-4-5-7-14-22(21-15-8-6-9-16-21)17-11-13-20-26-23(25)18-10-12-19-24/h6-9,11,14-17,22,24H,2-5,10,12-13,18-20H2,1H3/b14-7-,17-11-/t22-/m1/s1. The van der Waals surface area contributed by atoms with Gasteiger partial charge < -0.3 is 9.84 Å². The first kappa shape index (κ1) is 22.2. The molecule has 0 aromatic heterocycles. The molecule has 1 aromatic rings. The van der Waals surface area contributed by atoms with Gasteiger partial charge in [-0.3, -0.25) is 4.79 Å². The highest BCUT2D eigenvalue weighted by atomic mass is 16.5. The van der Waals surface area contributed by atoms with E-state index < -0.39 is 0 Å². The zero-order valence-corrected chi connectivity index (χ0v) is 16.1. The van der Waals surface area contributed by atoms with E-state index in [0.29, 0.717) is 25.9 Å². The van der Waals surface area contributed by atoms with Crippen molar-refractivity contribution in [3.05, 3.63) is 60.2 Å². The van der Waals surface area contributed by atoms with Gasteiger partial charge in [0.15, 0.2) is 0 Å². The van der Waals surface area contributed by atoms with Crippen LogP contribution >= 0.6 is 0 Å². The lowest BCUT2D eigenvalue weighted by Crippen LogP contribution is -2.05. The van der Waals surface area contributed by atoms with E-state index in [0.717, 1.165) is 12.8 Å². The zero-order chi connectivity index (χ0) is 18.9. The largest absolute Gasteiger partial charge is 0.465 e. The van der Waals surface area contributed by atoms with Crippen molar-refractivity contribution < 1.29 is 14.6 Å². The Kier molecular flexibility index (Phi) is 13.1. The smallest absolute Gasteiger partial charge is 0.305 e. The maximum Gasteiger partial charge on any atom is 0.305 e. The van der Waals surface area contributed by atoms with E-state index in [1.54, 1.807) is 0 Å². The highest BCUT2D eigenvalue weighted by Crippen LogP contribution is 2.19. The maximum absolute atomic E-state index is 11.5. The number of carbonyl (C=O) groups is 1. The second-order valence-corrected chi connectivity index (χ2v) is 6.48. The van der Waals surface area contributed by atoms with Crippen LogP contribution in [0.4, 0.5) is 0 Å². The fraction of sp³-hybridized carbons (Fsp3) is 0.522. The number of unbranched alkanes of at least 4 members (excludes halogenated alkanes) is 4. The molecule has 3 nitrogen and oxygen atoms in total. The minimum Gasteiger partial charge on any atom is -0.465 e. The molecule has 144 valence electrons. The molecule has 1 atom stereocenters. The third-order valence-electron chi connectivity index (χ3n) is 4.18. The second-order valence-electron chi connectivity index (χ2n) is 6.48. The molecule has 0 heterocycles. The van der Waals surface area contributed by atoms with Gasteiger partial charge in [0, 0.05) is 18.9 Å². The normalized spacial score (nSPS) is 12.7. The highest BCUT2D eigenvalue weighted by Gasteiger charge is 2.04. The van der Waals surface area contributed by atoms with Crippen molar-refractivity contribution in [2.24, 2.45) is 0 Å². The van der Waals surface area contributed by atoms with Crippen molar-refractivity contribution in [3.8, 4) is 0 Å². The number of rotatable bonds is 14. The van der Waals surface area contributed by atoms with Crippen molar-refractivity contribution in [3.63, 3.8) is 0 Å². The Labute approximate surface area is 158 Å². The molecule has 0 unspecified atom stereocenters. The van der Waals surface area contributed by atoms with Gasteiger partial charge in [0.05, 0.1) is 6.61 Å². The molecule has 0 fully saturated rings. The molecule has 0 spiro atoms. The molecule has 0 aliphatic carbocycles. The lowest BCUT2D eigenvalue weighted by atomic mass is 9.97. The summed E-state index contributed by atoms with van der Waals surface area (Å²) in [5.74, 6) is 0.0837. The van der Waals surface area contributed by atoms with E-state index in [4.69, 9.17) is 9.84 Å². The van der Waals surface area contributed by atoms with Crippen molar-refractivity contribution >= 4 is 5.97 Å². The molecular weight excluding hydrogens is 324 g/mol. The minimum absolute atomic E-state index is 0.128. The molecule has 26 heavy (non-hydrogen) atoms. The Balaban J connectivity index is 2.42. The van der Waals surface area contributed by atoms with Crippen LogP contribution in [-0.2, 0) is 9.53 Å². The fourth-order valence-corrected chi connectivity index (χ4v) is 2.65. The van der Waals surface area contributed by atoms with E-state index in [-0.39, 0.29) is 18.5 Å². The van der Waals surface area contributed by atoms with Crippen molar-refractivity contribution in [1.29, 1.82) is 0 Å². The van der Waals surface area contributed by atoms with Crippen molar-refractivity contribution in [2.45, 2.75) is 64.2 Å². The van der Waals surface area contributed by atoms with Gasteiger partial charge in [0.25, 0.3) is 0 Å². The van der Waals surface area contributed by atoms with Crippen LogP contribution in [0.3, 0.4) is 0 Å². The first-order valence-electron chi connectivity index (χ1n) is 9.92. The number of carbonyl (C=O) groups excluding carboxylic acids is 1. The Morgan fingerprint density at radius 1 is 1.04 bits per heavy atom. The van der Waals surface area contributed by atoms with Gasteiger partial charge in [0.1, 0.15) is 0 Å². The number of aliphatic hydroxyl groups is 1. The summed E-state index contributed by atoms with van der Waals surface area (Å²) in [6.45, 7) is 2.76. The van der Waals surface area contributed by atoms with Gasteiger partial charge in [-0.15, -0.1) is 0 Å². The summed E-state index contributed by atoms with van der Waals surface area (Å²) in [5.41, 5.74) is 1.27. The number of allylic oxidation sites excluding steroid dienone is 3. The summed E-state index contributed by atoms with van der Waals surface area (Å²) in [7, 11) is 0. The maximum atomic E-state index is 11.5. The lowest BCUT2D eigenvalue weighted by molar-refractivity contribution is -0.143. The molecule has 0 saturated heterocycles. The average Bonchev–Trinajstić information content (AvgIpc) is 2.67. The Morgan fingerprint density at radius 3 is 2.46 bits per heavy atom. The number of esters is 1. The number of ether oxygens (including phenoxy) is 1. The molecule has 1 rings (SSSR count). The van der Waals surface area contributed by atoms with Gasteiger partial charge in [-0.25, -0.2) is 0 Å². The van der Waals surface area contributed by atoms with Crippen LogP contribution in [0.5, 0.6) is 0 Å². The number of hydrogen-bond acceptors (Lipinski definition) is 3. The molecule has 0 saturated carbocycles. The van der Waals surface area contributed by atoms with Crippen LogP contribution in [0.1, 0.15) is 69.8 Å². The van der Waals surface area contributed by atoms with Crippen molar-refractivity contribution in [2.75, 3.05) is 13.2 Å². The quantitative estimate of drug-likeness (QED) is 0.269. The van der Waals surface area contributed by atoms with E-state index >= 15 is 0 Å². The molecule has 0 radical (unpaired) electrons. The van der Waals surface area contributed by atoms with Crippen LogP contribution in [0.2, 0.25) is 0 Å². The molecular formula is C23H34O3. The summed E-state index contributed by atoms with van der Waals surface area (Å²) in [6.07, 6.45) is 16.1. The SMILES string of the molecule is CCCCC/C=C\[C@H](/C=C\CCOC(=O)CCCCO)c1ccccc1. The molecule has 0 bridgehead atoms. The van der Waals surface area contributed by atoms with Gasteiger partial charge in [-0.05, 0) is 37.7 Å². The Morgan fingerprint density at radius 2 is 1.77 bits per heavy atom. The van der Waals surface area contributed by atoms with E-state index in [1.165, 1.54) is 24.8 Å². The van der Waals surface area contributed by atoms with Gasteiger partial charge in [-0.2, -0.15) is 0 Å². The van der Waals surface area contributed by atoms with Crippen LogP contribution < -0.4 is 0 Å². The summed E-state index contributed by atoms with van der Waals surface area (Å²) in [6, 6.07) is 10.5. The fourth-order valence-electron chi connectivity index (χ4n) is 2.65. The van der Waals surface area contributed by atoms with Crippen LogP contribution in [0.25, 0.3) is 0 Å². The van der Waals surface area contributed by atoms with E-state index in [9.17, 15) is 4.79 Å². The molecule has 0 aliphatic heterocycles.